The van der Waals surface area contributed by atoms with E-state index in [-0.39, 0.29) is 11.8 Å². The maximum atomic E-state index is 10.6. The topological polar surface area (TPSA) is 63.3 Å². The molecule has 0 aliphatic heterocycles. The second kappa shape index (κ2) is 2.58. The van der Waals surface area contributed by atoms with Crippen LogP contribution in [0.25, 0.3) is 0 Å². The first-order valence-corrected chi connectivity index (χ1v) is 4.28. The highest BCUT2D eigenvalue weighted by Gasteiger charge is 2.50. The molecule has 0 bridgehead atoms. The summed E-state index contributed by atoms with van der Waals surface area (Å²) < 4.78 is 5.08. The van der Waals surface area contributed by atoms with Crippen molar-refractivity contribution in [1.82, 2.24) is 5.16 Å². The molecular formula is C9H11NO3. The molecule has 0 atom stereocenters. The summed E-state index contributed by atoms with van der Waals surface area (Å²) in [5.41, 5.74) is 0.714. The minimum atomic E-state index is -0.770. The van der Waals surface area contributed by atoms with Crippen LogP contribution in [0.4, 0.5) is 0 Å². The third kappa shape index (κ3) is 1.32. The van der Waals surface area contributed by atoms with Crippen LogP contribution < -0.4 is 0 Å². The van der Waals surface area contributed by atoms with Crippen LogP contribution in [0.5, 0.6) is 0 Å². The maximum absolute atomic E-state index is 10.6. The van der Waals surface area contributed by atoms with Crippen molar-refractivity contribution in [3.63, 3.8) is 0 Å². The Balaban J connectivity index is 2.25. The first-order chi connectivity index (χ1) is 6.14. The molecule has 0 radical (unpaired) electrons. The summed E-state index contributed by atoms with van der Waals surface area (Å²) in [4.78, 5) is 10.6. The molecule has 4 heteroatoms. The van der Waals surface area contributed by atoms with Crippen molar-refractivity contribution in [2.24, 2.45) is 0 Å². The molecular weight excluding hydrogens is 170 g/mol. The molecule has 70 valence electrons. The number of rotatable bonds is 3. The third-order valence-electron chi connectivity index (χ3n) is 2.57. The van der Waals surface area contributed by atoms with Gasteiger partial charge in [0.15, 0.2) is 0 Å². The summed E-state index contributed by atoms with van der Waals surface area (Å²) >= 11 is 0. The van der Waals surface area contributed by atoms with Crippen molar-refractivity contribution in [3.8, 4) is 0 Å². The Bertz CT molecular complexity index is 338. The zero-order chi connectivity index (χ0) is 9.47. The average molecular weight is 181 g/mol. The maximum Gasteiger partial charge on any atom is 0.304 e. The number of aromatic nitrogens is 1. The van der Waals surface area contributed by atoms with Crippen LogP contribution in [0.1, 0.15) is 30.6 Å². The molecule has 13 heavy (non-hydrogen) atoms. The van der Waals surface area contributed by atoms with Crippen LogP contribution in [-0.2, 0) is 10.2 Å². The Kier molecular flexibility index (Phi) is 1.65. The van der Waals surface area contributed by atoms with Gasteiger partial charge in [0.25, 0.3) is 0 Å². The van der Waals surface area contributed by atoms with Crippen LogP contribution >= 0.6 is 0 Å². The fourth-order valence-corrected chi connectivity index (χ4v) is 1.73. The van der Waals surface area contributed by atoms with Crippen LogP contribution in [0.2, 0.25) is 0 Å². The molecule has 1 saturated carbocycles. The van der Waals surface area contributed by atoms with Crippen LogP contribution in [-0.4, -0.2) is 16.2 Å². The Hall–Kier alpha value is -1.32. The molecule has 1 fully saturated rings. The molecule has 0 unspecified atom stereocenters. The van der Waals surface area contributed by atoms with E-state index >= 15 is 0 Å². The summed E-state index contributed by atoms with van der Waals surface area (Å²) in [6, 6.07) is 0. The quantitative estimate of drug-likeness (QED) is 0.767. The van der Waals surface area contributed by atoms with Gasteiger partial charge in [-0.1, -0.05) is 5.16 Å². The molecule has 0 aromatic carbocycles. The van der Waals surface area contributed by atoms with E-state index in [1.807, 2.05) is 6.92 Å². The van der Waals surface area contributed by atoms with Gasteiger partial charge in [-0.3, -0.25) is 4.79 Å². The molecule has 0 spiro atoms. The van der Waals surface area contributed by atoms with E-state index in [1.54, 1.807) is 6.20 Å². The summed E-state index contributed by atoms with van der Waals surface area (Å²) in [6.45, 7) is 1.90. The molecule has 1 aromatic rings. The minimum absolute atomic E-state index is 0.156. The second-order valence-electron chi connectivity index (χ2n) is 3.69. The van der Waals surface area contributed by atoms with E-state index in [9.17, 15) is 4.79 Å². The van der Waals surface area contributed by atoms with E-state index < -0.39 is 5.97 Å². The average Bonchev–Trinajstić information content (AvgIpc) is 2.65. The fraction of sp³-hybridized carbons (Fsp3) is 0.556. The van der Waals surface area contributed by atoms with Crippen LogP contribution in [0.15, 0.2) is 10.7 Å². The van der Waals surface area contributed by atoms with Gasteiger partial charge in [0.05, 0.1) is 12.6 Å². The number of carbonyl (C=O) groups is 1. The summed E-state index contributed by atoms with van der Waals surface area (Å²) in [5.74, 6) is -0.0109. The van der Waals surface area contributed by atoms with Crippen molar-refractivity contribution >= 4 is 5.97 Å². The molecule has 1 N–H and O–H groups in total. The zero-order valence-corrected chi connectivity index (χ0v) is 7.41. The van der Waals surface area contributed by atoms with Crippen molar-refractivity contribution in [3.05, 3.63) is 17.5 Å². The third-order valence-corrected chi connectivity index (χ3v) is 2.57. The predicted octanol–water partition coefficient (Wildman–Crippen LogP) is 1.49. The number of aryl methyl sites for hydroxylation is 1. The van der Waals surface area contributed by atoms with Crippen molar-refractivity contribution < 1.29 is 14.4 Å². The first kappa shape index (κ1) is 8.29. The van der Waals surface area contributed by atoms with Crippen molar-refractivity contribution in [1.29, 1.82) is 0 Å². The van der Waals surface area contributed by atoms with E-state index in [0.717, 1.165) is 24.2 Å². The lowest BCUT2D eigenvalue weighted by Gasteiger charge is -2.08. The van der Waals surface area contributed by atoms with E-state index in [2.05, 4.69) is 5.16 Å². The smallest absolute Gasteiger partial charge is 0.304 e. The molecule has 0 saturated heterocycles. The Morgan fingerprint density at radius 1 is 1.77 bits per heavy atom. The van der Waals surface area contributed by atoms with Gasteiger partial charge < -0.3 is 9.63 Å². The highest BCUT2D eigenvalue weighted by molar-refractivity contribution is 5.69. The zero-order valence-electron chi connectivity index (χ0n) is 7.41. The lowest BCUT2D eigenvalue weighted by atomic mass is 9.97. The summed E-state index contributed by atoms with van der Waals surface area (Å²) in [5, 5.41) is 12.4. The largest absolute Gasteiger partial charge is 0.481 e. The Morgan fingerprint density at radius 2 is 2.46 bits per heavy atom. The SMILES string of the molecule is Cc1cnoc1C1(CC(=O)O)CC1. The van der Waals surface area contributed by atoms with E-state index in [1.165, 1.54) is 0 Å². The Morgan fingerprint density at radius 3 is 2.85 bits per heavy atom. The number of hydrogen-bond donors (Lipinski definition) is 1. The molecule has 1 aliphatic rings. The van der Waals surface area contributed by atoms with Crippen molar-refractivity contribution in [2.75, 3.05) is 0 Å². The highest BCUT2D eigenvalue weighted by atomic mass is 16.5. The monoisotopic (exact) mass is 181 g/mol. The van der Waals surface area contributed by atoms with Gasteiger partial charge in [-0.2, -0.15) is 0 Å². The van der Waals surface area contributed by atoms with Crippen LogP contribution in [0, 0.1) is 6.92 Å². The van der Waals surface area contributed by atoms with Crippen molar-refractivity contribution in [2.45, 2.75) is 31.6 Å². The van der Waals surface area contributed by atoms with E-state index in [4.69, 9.17) is 9.63 Å². The number of carboxylic acid groups (broad SMARTS) is 1. The lowest BCUT2D eigenvalue weighted by Crippen LogP contribution is -2.13. The number of aliphatic carboxylic acids is 1. The van der Waals surface area contributed by atoms with Gasteiger partial charge in [0, 0.05) is 11.0 Å². The fourth-order valence-electron chi connectivity index (χ4n) is 1.73. The molecule has 4 nitrogen and oxygen atoms in total. The molecule has 0 amide bonds. The van der Waals surface area contributed by atoms with Gasteiger partial charge >= 0.3 is 5.97 Å². The lowest BCUT2D eigenvalue weighted by molar-refractivity contribution is -0.137. The number of nitrogens with zero attached hydrogens (tertiary/aromatic N) is 1. The van der Waals surface area contributed by atoms with Gasteiger partial charge in [-0.15, -0.1) is 0 Å². The van der Waals surface area contributed by atoms with Gasteiger partial charge in [0.2, 0.25) is 0 Å². The summed E-state index contributed by atoms with van der Waals surface area (Å²) in [7, 11) is 0. The standard InChI is InChI=1S/C9H11NO3/c1-6-5-10-13-8(6)9(2-3-9)4-7(11)12/h5H,2-4H2,1H3,(H,11,12). The highest BCUT2D eigenvalue weighted by Crippen LogP contribution is 2.51. The molecule has 1 aliphatic carbocycles. The number of carboxylic acids is 1. The molecule has 1 heterocycles. The first-order valence-electron chi connectivity index (χ1n) is 4.28. The van der Waals surface area contributed by atoms with E-state index in [0.29, 0.717) is 0 Å². The number of hydrogen-bond acceptors (Lipinski definition) is 3. The van der Waals surface area contributed by atoms with Gasteiger partial charge in [-0.25, -0.2) is 0 Å². The van der Waals surface area contributed by atoms with Crippen LogP contribution in [0.3, 0.4) is 0 Å². The molecule has 1 aromatic heterocycles. The van der Waals surface area contributed by atoms with Gasteiger partial charge in [0.1, 0.15) is 5.76 Å². The van der Waals surface area contributed by atoms with Gasteiger partial charge in [-0.05, 0) is 19.8 Å². The second-order valence-corrected chi connectivity index (χ2v) is 3.69. The normalized spacial score (nSPS) is 18.5. The summed E-state index contributed by atoms with van der Waals surface area (Å²) in [6.07, 6.45) is 3.59. The Labute approximate surface area is 75.5 Å². The molecule has 2 rings (SSSR count). The minimum Gasteiger partial charge on any atom is -0.481 e. The predicted molar refractivity (Wildman–Crippen MR) is 44.4 cm³/mol.